The smallest absolute Gasteiger partial charge is 0.265 e. The summed E-state index contributed by atoms with van der Waals surface area (Å²) in [6, 6.07) is 5.09. The van der Waals surface area contributed by atoms with Crippen molar-refractivity contribution in [2.75, 3.05) is 22.1 Å². The van der Waals surface area contributed by atoms with Gasteiger partial charge in [-0.3, -0.25) is 4.79 Å². The average Bonchev–Trinajstić information content (AvgIpc) is 2.40. The minimum absolute atomic E-state index is 0.0699. The van der Waals surface area contributed by atoms with Crippen LogP contribution in [-0.2, 0) is 14.6 Å². The van der Waals surface area contributed by atoms with Crippen LogP contribution in [-0.4, -0.2) is 38.0 Å². The number of rotatable bonds is 5. The zero-order valence-corrected chi connectivity index (χ0v) is 13.2. The number of carbonyl (C=O) groups is 1. The first-order valence-corrected chi connectivity index (χ1v) is 8.71. The molecular formula is C14H20N2O4S. The Labute approximate surface area is 124 Å². The summed E-state index contributed by atoms with van der Waals surface area (Å²) in [7, 11) is -3.03. The Hall–Kier alpha value is -1.76. The molecule has 0 saturated carbocycles. The molecule has 1 aliphatic rings. The Morgan fingerprint density at radius 1 is 1.43 bits per heavy atom. The van der Waals surface area contributed by atoms with Gasteiger partial charge in [-0.25, -0.2) is 8.42 Å². The minimum atomic E-state index is -3.03. The number of nitrogens with one attached hydrogen (secondary N) is 2. The number of benzene rings is 1. The Balaban J connectivity index is 2.09. The molecule has 0 aliphatic carbocycles. The number of anilines is 2. The molecule has 1 amide bonds. The minimum Gasteiger partial charge on any atom is -0.479 e. The average molecular weight is 312 g/mol. The van der Waals surface area contributed by atoms with Crippen LogP contribution in [0.4, 0.5) is 11.4 Å². The number of amides is 1. The summed E-state index contributed by atoms with van der Waals surface area (Å²) in [4.78, 5) is 11.6. The molecule has 1 aromatic rings. The maximum Gasteiger partial charge on any atom is 0.265 e. The monoisotopic (exact) mass is 312 g/mol. The van der Waals surface area contributed by atoms with Crippen molar-refractivity contribution in [1.29, 1.82) is 0 Å². The Morgan fingerprint density at radius 2 is 2.14 bits per heavy atom. The number of fused-ring (bicyclic) bond motifs is 1. The molecule has 0 fully saturated rings. The fraction of sp³-hybridized carbons (Fsp3) is 0.500. The van der Waals surface area contributed by atoms with E-state index in [2.05, 4.69) is 10.6 Å². The molecule has 1 aliphatic heterocycles. The van der Waals surface area contributed by atoms with Gasteiger partial charge in [0, 0.05) is 17.5 Å². The van der Waals surface area contributed by atoms with Crippen LogP contribution < -0.4 is 15.4 Å². The number of hydrogen-bond donors (Lipinski definition) is 2. The highest BCUT2D eigenvalue weighted by molar-refractivity contribution is 7.91. The second kappa shape index (κ2) is 5.93. The third-order valence-electron chi connectivity index (χ3n) is 3.27. The summed E-state index contributed by atoms with van der Waals surface area (Å²) in [5, 5.41) is 5.88. The highest BCUT2D eigenvalue weighted by Crippen LogP contribution is 2.32. The van der Waals surface area contributed by atoms with Gasteiger partial charge >= 0.3 is 0 Å². The van der Waals surface area contributed by atoms with Gasteiger partial charge in [0.2, 0.25) is 0 Å². The first-order valence-electron chi connectivity index (χ1n) is 6.89. The van der Waals surface area contributed by atoms with Gasteiger partial charge in [0.05, 0.1) is 11.4 Å². The lowest BCUT2D eigenvalue weighted by atomic mass is 10.2. The molecular weight excluding hydrogens is 292 g/mol. The summed E-state index contributed by atoms with van der Waals surface area (Å²) >= 11 is 0. The van der Waals surface area contributed by atoms with E-state index < -0.39 is 15.9 Å². The third-order valence-corrected chi connectivity index (χ3v) is 5.15. The van der Waals surface area contributed by atoms with E-state index in [-0.39, 0.29) is 23.5 Å². The first-order chi connectivity index (χ1) is 9.80. The number of ether oxygens (including phenoxy) is 1. The van der Waals surface area contributed by atoms with E-state index in [4.69, 9.17) is 4.74 Å². The zero-order chi connectivity index (χ0) is 15.6. The Morgan fingerprint density at radius 3 is 2.81 bits per heavy atom. The van der Waals surface area contributed by atoms with E-state index in [0.717, 1.165) is 5.69 Å². The van der Waals surface area contributed by atoms with E-state index in [9.17, 15) is 13.2 Å². The van der Waals surface area contributed by atoms with Crippen LogP contribution in [0.1, 0.15) is 20.8 Å². The lowest BCUT2D eigenvalue weighted by molar-refractivity contribution is -0.122. The predicted octanol–water partition coefficient (Wildman–Crippen LogP) is 1.64. The normalized spacial score (nSPS) is 19.2. The molecule has 0 spiro atoms. The molecule has 6 nitrogen and oxygen atoms in total. The number of sulfone groups is 1. The van der Waals surface area contributed by atoms with Crippen molar-refractivity contribution in [3.63, 3.8) is 0 Å². The summed E-state index contributed by atoms with van der Waals surface area (Å²) in [5.41, 5.74) is 1.33. The second-order valence-electron chi connectivity index (χ2n) is 5.20. The molecule has 0 radical (unpaired) electrons. The molecule has 21 heavy (non-hydrogen) atoms. The van der Waals surface area contributed by atoms with Crippen LogP contribution >= 0.6 is 0 Å². The van der Waals surface area contributed by atoms with Crippen molar-refractivity contribution in [2.24, 2.45) is 0 Å². The van der Waals surface area contributed by atoms with E-state index in [1.807, 2.05) is 6.92 Å². The molecule has 1 aromatic carbocycles. The lowest BCUT2D eigenvalue weighted by Crippen LogP contribution is -2.34. The Bertz CT molecular complexity index is 642. The maximum absolute atomic E-state index is 11.6. The third kappa shape index (κ3) is 3.87. The van der Waals surface area contributed by atoms with Crippen LogP contribution in [0, 0.1) is 0 Å². The molecule has 0 bridgehead atoms. The molecule has 2 rings (SSSR count). The van der Waals surface area contributed by atoms with Gasteiger partial charge in [0.25, 0.3) is 5.91 Å². The van der Waals surface area contributed by atoms with E-state index >= 15 is 0 Å². The van der Waals surface area contributed by atoms with Crippen LogP contribution in [0.15, 0.2) is 18.2 Å². The maximum atomic E-state index is 11.6. The summed E-state index contributed by atoms with van der Waals surface area (Å²) in [6.45, 7) is 5.13. The molecule has 7 heteroatoms. The van der Waals surface area contributed by atoms with Crippen molar-refractivity contribution in [3.05, 3.63) is 18.2 Å². The van der Waals surface area contributed by atoms with Crippen LogP contribution in [0.5, 0.6) is 5.75 Å². The Kier molecular flexibility index (Phi) is 4.41. The van der Waals surface area contributed by atoms with Gasteiger partial charge in [0.15, 0.2) is 15.9 Å². The fourth-order valence-electron chi connectivity index (χ4n) is 2.12. The van der Waals surface area contributed by atoms with Gasteiger partial charge in [0.1, 0.15) is 5.75 Å². The highest BCUT2D eigenvalue weighted by atomic mass is 32.2. The molecule has 2 unspecified atom stereocenters. The van der Waals surface area contributed by atoms with Crippen molar-refractivity contribution >= 4 is 27.1 Å². The first kappa shape index (κ1) is 15.6. The van der Waals surface area contributed by atoms with E-state index in [1.165, 1.54) is 0 Å². The molecule has 1 heterocycles. The zero-order valence-electron chi connectivity index (χ0n) is 12.3. The lowest BCUT2D eigenvalue weighted by Gasteiger charge is -2.24. The van der Waals surface area contributed by atoms with Crippen LogP contribution in [0.25, 0.3) is 0 Å². The molecule has 0 aromatic heterocycles. The topological polar surface area (TPSA) is 84.5 Å². The standard InChI is InChI=1S/C14H20N2O4S/c1-4-21(18,19)8-9(2)15-11-5-6-13-12(7-11)16-14(17)10(3)20-13/h5-7,9-10,15H,4,8H2,1-3H3,(H,16,17). The van der Waals surface area contributed by atoms with Gasteiger partial charge in [-0.2, -0.15) is 0 Å². The van der Waals surface area contributed by atoms with Gasteiger partial charge in [-0.1, -0.05) is 6.92 Å². The summed E-state index contributed by atoms with van der Waals surface area (Å²) in [5.74, 6) is 0.619. The van der Waals surface area contributed by atoms with Crippen molar-refractivity contribution < 1.29 is 17.9 Å². The van der Waals surface area contributed by atoms with E-state index in [0.29, 0.717) is 11.4 Å². The van der Waals surface area contributed by atoms with Gasteiger partial charge < -0.3 is 15.4 Å². The van der Waals surface area contributed by atoms with Crippen molar-refractivity contribution in [1.82, 2.24) is 0 Å². The summed E-state index contributed by atoms with van der Waals surface area (Å²) < 4.78 is 28.7. The van der Waals surface area contributed by atoms with Crippen molar-refractivity contribution in [2.45, 2.75) is 32.9 Å². The fourth-order valence-corrected chi connectivity index (χ4v) is 3.20. The largest absolute Gasteiger partial charge is 0.479 e. The molecule has 0 saturated heterocycles. The van der Waals surface area contributed by atoms with E-state index in [1.54, 1.807) is 32.0 Å². The van der Waals surface area contributed by atoms with Crippen LogP contribution in [0.3, 0.4) is 0 Å². The SMILES string of the molecule is CCS(=O)(=O)CC(C)Nc1ccc2c(c1)NC(=O)C(C)O2. The van der Waals surface area contributed by atoms with Crippen LogP contribution in [0.2, 0.25) is 0 Å². The molecule has 2 atom stereocenters. The second-order valence-corrected chi connectivity index (χ2v) is 7.60. The van der Waals surface area contributed by atoms with Gasteiger partial charge in [-0.15, -0.1) is 0 Å². The quantitative estimate of drug-likeness (QED) is 0.863. The highest BCUT2D eigenvalue weighted by Gasteiger charge is 2.23. The number of carbonyl (C=O) groups excluding carboxylic acids is 1. The molecule has 116 valence electrons. The summed E-state index contributed by atoms with van der Waals surface area (Å²) in [6.07, 6.45) is -0.509. The molecule has 2 N–H and O–H groups in total. The number of hydrogen-bond acceptors (Lipinski definition) is 5. The predicted molar refractivity (Wildman–Crippen MR) is 82.6 cm³/mol. The van der Waals surface area contributed by atoms with Gasteiger partial charge in [-0.05, 0) is 32.0 Å². The van der Waals surface area contributed by atoms with Crippen molar-refractivity contribution in [3.8, 4) is 5.75 Å².